The first-order valence-corrected chi connectivity index (χ1v) is 0.565. The normalized spacial score (nSPS) is 4.00. The minimum absolute atomic E-state index is 0. The molecule has 0 aromatic carbocycles. The Labute approximate surface area is 102 Å². The van der Waals surface area contributed by atoms with Crippen LogP contribution in [0.1, 0.15) is 0 Å². The van der Waals surface area contributed by atoms with Gasteiger partial charge in [0.25, 0.3) is 5.09 Å². The number of rotatable bonds is 0. The summed E-state index contributed by atoms with van der Waals surface area (Å²) in [6, 6.07) is 0. The van der Waals surface area contributed by atoms with E-state index in [2.05, 4.69) is 0 Å². The van der Waals surface area contributed by atoms with Gasteiger partial charge in [-0.25, -0.2) is 0 Å². The molecule has 0 fully saturated rings. The Kier molecular flexibility index (Phi) is 26.2. The summed E-state index contributed by atoms with van der Waals surface area (Å²) in [4.78, 5) is 8.36. The Morgan fingerprint density at radius 1 is 1.50 bits per heavy atom. The van der Waals surface area contributed by atoms with Crippen molar-refractivity contribution < 1.29 is 93.8 Å². The topological polar surface area (TPSA) is 63.4 Å². The third-order valence-electron chi connectivity index (χ3n) is 0. The van der Waals surface area contributed by atoms with Crippen molar-refractivity contribution in [2.24, 2.45) is 0 Å². The van der Waals surface area contributed by atoms with Crippen molar-refractivity contribution in [3.8, 4) is 0 Å². The zero-order chi connectivity index (χ0) is 3.58. The smallest absolute Gasteiger partial charge is 0.291 e. The zero-order valence-electron chi connectivity index (χ0n) is 2.71. The van der Waals surface area contributed by atoms with E-state index in [-0.39, 0.29) is 83.5 Å². The quantitative estimate of drug-likeness (QED) is 0.483. The van der Waals surface area contributed by atoms with Gasteiger partial charge >= 0.3 is 0 Å². The Bertz CT molecular complexity index is 31.8. The minimum Gasteiger partial charge on any atom is -0.328 e. The van der Waals surface area contributed by atoms with Crippen LogP contribution in [0.25, 0.3) is 0 Å². The molecule has 0 aliphatic carbocycles. The summed E-state index contributed by atoms with van der Waals surface area (Å²) in [5.41, 5.74) is 0. The van der Waals surface area contributed by atoms with Crippen LogP contribution in [0.15, 0.2) is 0 Å². The van der Waals surface area contributed by atoms with E-state index in [9.17, 15) is 0 Å². The summed E-state index contributed by atoms with van der Waals surface area (Å²) < 4.78 is 0. The summed E-state index contributed by atoms with van der Waals surface area (Å²) in [5.74, 6) is 0. The van der Waals surface area contributed by atoms with E-state index >= 15 is 0 Å². The van der Waals surface area contributed by atoms with Gasteiger partial charge in [-0.2, -0.15) is 0 Å². The van der Waals surface area contributed by atoms with E-state index in [1.165, 1.54) is 0 Å². The Hall–Kier alpha value is 1.95. The average Bonchev–Trinajstić information content (AvgIpc) is 0.811. The summed E-state index contributed by atoms with van der Waals surface area (Å²) in [7, 11) is 0. The van der Waals surface area contributed by atoms with E-state index < -0.39 is 5.09 Å². The molecular formula is HCe2NO3. The average molecular weight is 343 g/mol. The molecule has 1 N–H and O–H groups in total. The molecule has 0 heterocycles. The van der Waals surface area contributed by atoms with E-state index in [0.29, 0.717) is 0 Å². The molecule has 6 heavy (non-hydrogen) atoms. The number of nitrogens with zero attached hydrogens (tertiary/aromatic N) is 1. The molecule has 0 aliphatic rings. The zero-order valence-corrected chi connectivity index (χ0v) is 8.99. The Morgan fingerprint density at radius 2 is 1.50 bits per heavy atom. The molecular weight excluding hydrogens is 342 g/mol. The fraction of sp³-hybridized carbons (Fsp3) is 0. The van der Waals surface area contributed by atoms with Crippen LogP contribution >= 0.6 is 0 Å². The predicted molar refractivity (Wildman–Crippen MR) is 8.78 cm³/mol. The molecule has 32 valence electrons. The molecule has 0 atom stereocenters. The van der Waals surface area contributed by atoms with Gasteiger partial charge in [0.05, 0.1) is 0 Å². The Morgan fingerprint density at radius 3 is 1.50 bits per heavy atom. The molecule has 0 aliphatic heterocycles. The summed E-state index contributed by atoms with van der Waals surface area (Å²) in [6.07, 6.45) is 0. The van der Waals surface area contributed by atoms with Crippen LogP contribution in [0, 0.1) is 93.6 Å². The van der Waals surface area contributed by atoms with E-state index in [0.717, 1.165) is 0 Å². The molecule has 0 amide bonds. The van der Waals surface area contributed by atoms with Gasteiger partial charge in [0, 0.05) is 83.5 Å². The summed E-state index contributed by atoms with van der Waals surface area (Å²) in [5, 5.41) is 13.6. The van der Waals surface area contributed by atoms with Crippen LogP contribution in [-0.2, 0) is 0 Å². The first-order valence-electron chi connectivity index (χ1n) is 0.565. The molecule has 0 spiro atoms. The number of hydrogen-bond acceptors (Lipinski definition) is 2. The standard InChI is InChI=1S/2Ce.HNO3/c;;2-1(3)4/h;;(H,2,3,4). The fourth-order valence-electron chi connectivity index (χ4n) is 0. The van der Waals surface area contributed by atoms with Crippen molar-refractivity contribution in [1.29, 1.82) is 0 Å². The van der Waals surface area contributed by atoms with Crippen molar-refractivity contribution in [2.45, 2.75) is 0 Å². The van der Waals surface area contributed by atoms with Gasteiger partial charge < -0.3 is 5.21 Å². The third-order valence-corrected chi connectivity index (χ3v) is 0. The second-order valence-corrected chi connectivity index (χ2v) is 0.238. The second-order valence-electron chi connectivity index (χ2n) is 0.238. The van der Waals surface area contributed by atoms with Crippen molar-refractivity contribution in [1.82, 2.24) is 0 Å². The van der Waals surface area contributed by atoms with Crippen molar-refractivity contribution in [3.63, 3.8) is 0 Å². The maximum Gasteiger partial charge on any atom is 0.291 e. The van der Waals surface area contributed by atoms with Crippen molar-refractivity contribution in [2.75, 3.05) is 0 Å². The minimum atomic E-state index is -1.50. The second kappa shape index (κ2) is 10.0. The van der Waals surface area contributed by atoms with Crippen molar-refractivity contribution >= 4 is 0 Å². The van der Waals surface area contributed by atoms with Crippen molar-refractivity contribution in [3.05, 3.63) is 10.1 Å². The molecule has 6 heteroatoms. The summed E-state index contributed by atoms with van der Waals surface area (Å²) >= 11 is 0. The van der Waals surface area contributed by atoms with Gasteiger partial charge in [0.2, 0.25) is 0 Å². The maximum atomic E-state index is 8.36. The molecule has 0 unspecified atom stereocenters. The Balaban J connectivity index is -0.0000000450. The molecule has 0 aromatic rings. The van der Waals surface area contributed by atoms with Gasteiger partial charge in [-0.15, -0.1) is 10.1 Å². The monoisotopic (exact) mass is 343 g/mol. The van der Waals surface area contributed by atoms with E-state index in [1.54, 1.807) is 0 Å². The fourth-order valence-corrected chi connectivity index (χ4v) is 0. The van der Waals surface area contributed by atoms with Crippen LogP contribution in [0.3, 0.4) is 0 Å². The van der Waals surface area contributed by atoms with Gasteiger partial charge in [0.1, 0.15) is 0 Å². The van der Waals surface area contributed by atoms with Gasteiger partial charge in [-0.05, 0) is 0 Å². The first kappa shape index (κ1) is 15.7. The predicted octanol–water partition coefficient (Wildman–Crippen LogP) is -0.348. The van der Waals surface area contributed by atoms with Crippen LogP contribution in [0.4, 0.5) is 0 Å². The van der Waals surface area contributed by atoms with Crippen LogP contribution in [0.5, 0.6) is 0 Å². The third kappa shape index (κ3) is 38.3. The molecule has 0 saturated carbocycles. The number of hydrogen-bond donors (Lipinski definition) is 1. The van der Waals surface area contributed by atoms with Gasteiger partial charge in [0.15, 0.2) is 0 Å². The van der Waals surface area contributed by atoms with Crippen LogP contribution in [-0.4, -0.2) is 10.3 Å². The molecule has 0 rings (SSSR count). The largest absolute Gasteiger partial charge is 0.328 e. The van der Waals surface area contributed by atoms with Gasteiger partial charge in [-0.3, -0.25) is 0 Å². The van der Waals surface area contributed by atoms with Gasteiger partial charge in [-0.1, -0.05) is 0 Å². The van der Waals surface area contributed by atoms with E-state index in [1.807, 2.05) is 0 Å². The maximum absolute atomic E-state index is 8.36. The molecule has 4 nitrogen and oxygen atoms in total. The molecule has 0 radical (unpaired) electrons. The molecule has 0 aromatic heterocycles. The molecule has 0 saturated heterocycles. The van der Waals surface area contributed by atoms with Crippen LogP contribution < -0.4 is 0 Å². The SMILES string of the molecule is O=[N+]([O-])O.[Ce].[Ce]. The molecule has 0 bridgehead atoms. The first-order chi connectivity index (χ1) is 1.73. The van der Waals surface area contributed by atoms with E-state index in [4.69, 9.17) is 15.3 Å². The van der Waals surface area contributed by atoms with Crippen LogP contribution in [0.2, 0.25) is 0 Å². The summed E-state index contributed by atoms with van der Waals surface area (Å²) in [6.45, 7) is 0.